The minimum absolute atomic E-state index is 0.531. The van der Waals surface area contributed by atoms with Gasteiger partial charge in [-0.25, -0.2) is 4.98 Å². The van der Waals surface area contributed by atoms with Crippen molar-refractivity contribution in [1.82, 2.24) is 9.97 Å². The predicted molar refractivity (Wildman–Crippen MR) is 113 cm³/mol. The maximum absolute atomic E-state index is 9.45. The Kier molecular flexibility index (Phi) is 4.94. The second-order valence-electron chi connectivity index (χ2n) is 8.30. The highest BCUT2D eigenvalue weighted by molar-refractivity contribution is 7.19. The molecule has 6 heteroatoms. The number of aryl methyl sites for hydroxylation is 2. The molecule has 1 aliphatic carbocycles. The largest absolute Gasteiger partial charge is 0.437 e. The molecular weight excluding hydrogens is 380 g/mol. The normalized spacial score (nSPS) is 21.1. The standard InChI is InChI=1S/C23H24N4OS/c1-15-9-11-27(12-10-15)14-20-25-22(28-18-7-3-2-5-16(18)13-24)21-17-6-4-8-19(17)29-23(21)26-20/h2-3,5,7,15H,4,6,8-12,14H2,1H3/p+1. The Morgan fingerprint density at radius 3 is 2.86 bits per heavy atom. The van der Waals surface area contributed by atoms with E-state index in [1.54, 1.807) is 22.3 Å². The van der Waals surface area contributed by atoms with Gasteiger partial charge in [0.05, 0.1) is 24.0 Å². The number of thiophene rings is 1. The van der Waals surface area contributed by atoms with E-state index in [9.17, 15) is 5.26 Å². The Labute approximate surface area is 175 Å². The molecule has 1 saturated heterocycles. The van der Waals surface area contributed by atoms with Gasteiger partial charge in [0.25, 0.3) is 0 Å². The van der Waals surface area contributed by atoms with Crippen LogP contribution in [0.2, 0.25) is 0 Å². The number of nitrogens with one attached hydrogen (secondary N) is 1. The van der Waals surface area contributed by atoms with Gasteiger partial charge in [0.1, 0.15) is 23.2 Å². The van der Waals surface area contributed by atoms with E-state index in [2.05, 4.69) is 13.0 Å². The molecule has 148 valence electrons. The van der Waals surface area contributed by atoms with Crippen molar-refractivity contribution in [2.75, 3.05) is 13.1 Å². The number of fused-ring (bicyclic) bond motifs is 3. The molecule has 5 rings (SSSR count). The zero-order chi connectivity index (χ0) is 19.8. The van der Waals surface area contributed by atoms with Crippen LogP contribution in [0.3, 0.4) is 0 Å². The lowest BCUT2D eigenvalue weighted by Gasteiger charge is -2.26. The van der Waals surface area contributed by atoms with Crippen molar-refractivity contribution in [3.63, 3.8) is 0 Å². The summed E-state index contributed by atoms with van der Waals surface area (Å²) in [5.41, 5.74) is 1.88. The molecule has 0 atom stereocenters. The molecule has 2 aliphatic rings. The van der Waals surface area contributed by atoms with Crippen LogP contribution in [0.5, 0.6) is 11.6 Å². The van der Waals surface area contributed by atoms with Gasteiger partial charge in [0.2, 0.25) is 5.88 Å². The van der Waals surface area contributed by atoms with Gasteiger partial charge < -0.3 is 9.64 Å². The minimum Gasteiger partial charge on any atom is -0.437 e. The van der Waals surface area contributed by atoms with Crippen LogP contribution < -0.4 is 9.64 Å². The van der Waals surface area contributed by atoms with E-state index in [0.29, 0.717) is 17.2 Å². The van der Waals surface area contributed by atoms with Crippen LogP contribution in [0.1, 0.15) is 48.0 Å². The SMILES string of the molecule is CC1CC[NH+](Cc2nc(Oc3ccccc3C#N)c3c4c(sc3n2)CCC4)CC1. The van der Waals surface area contributed by atoms with Crippen molar-refractivity contribution in [2.24, 2.45) is 5.92 Å². The van der Waals surface area contributed by atoms with E-state index in [1.807, 2.05) is 18.2 Å². The summed E-state index contributed by atoms with van der Waals surface area (Å²) in [6.45, 7) is 5.53. The fourth-order valence-corrected chi connectivity index (χ4v) is 5.75. The van der Waals surface area contributed by atoms with E-state index in [0.717, 1.165) is 41.3 Å². The summed E-state index contributed by atoms with van der Waals surface area (Å²) in [7, 11) is 0. The molecule has 3 aromatic rings. The third kappa shape index (κ3) is 3.61. The molecule has 0 radical (unpaired) electrons. The van der Waals surface area contributed by atoms with Crippen molar-refractivity contribution in [3.8, 4) is 17.7 Å². The molecule has 1 aliphatic heterocycles. The molecule has 29 heavy (non-hydrogen) atoms. The summed E-state index contributed by atoms with van der Waals surface area (Å²) in [4.78, 5) is 13.8. The fraction of sp³-hybridized carbons (Fsp3) is 0.435. The summed E-state index contributed by atoms with van der Waals surface area (Å²) in [5, 5.41) is 10.5. The lowest BCUT2D eigenvalue weighted by Crippen LogP contribution is -3.11. The minimum atomic E-state index is 0.531. The number of nitriles is 1. The number of benzene rings is 1. The number of hydrogen-bond donors (Lipinski definition) is 1. The quantitative estimate of drug-likeness (QED) is 0.720. The second-order valence-corrected chi connectivity index (χ2v) is 9.39. The molecule has 1 aromatic carbocycles. The van der Waals surface area contributed by atoms with Gasteiger partial charge in [-0.2, -0.15) is 10.2 Å². The molecular formula is C23H25N4OS+. The molecule has 0 amide bonds. The van der Waals surface area contributed by atoms with Gasteiger partial charge in [-0.1, -0.05) is 19.1 Å². The average Bonchev–Trinajstić information content (AvgIpc) is 3.31. The first-order valence-corrected chi connectivity index (χ1v) is 11.3. The molecule has 0 unspecified atom stereocenters. The summed E-state index contributed by atoms with van der Waals surface area (Å²) >= 11 is 1.79. The topological polar surface area (TPSA) is 63.2 Å². The first-order valence-electron chi connectivity index (χ1n) is 10.5. The second kappa shape index (κ2) is 7.74. The Bertz CT molecular complexity index is 1090. The maximum Gasteiger partial charge on any atom is 0.231 e. The highest BCUT2D eigenvalue weighted by atomic mass is 32.1. The lowest BCUT2D eigenvalue weighted by atomic mass is 9.99. The summed E-state index contributed by atoms with van der Waals surface area (Å²) in [6.07, 6.45) is 5.90. The van der Waals surface area contributed by atoms with Crippen molar-refractivity contribution in [1.29, 1.82) is 5.26 Å². The van der Waals surface area contributed by atoms with Gasteiger partial charge >= 0.3 is 0 Å². The molecule has 5 nitrogen and oxygen atoms in total. The molecule has 0 spiro atoms. The summed E-state index contributed by atoms with van der Waals surface area (Å²) in [6, 6.07) is 9.60. The average molecular weight is 406 g/mol. The van der Waals surface area contributed by atoms with Gasteiger partial charge in [0.15, 0.2) is 5.82 Å². The number of hydrogen-bond acceptors (Lipinski definition) is 5. The van der Waals surface area contributed by atoms with Gasteiger partial charge in [-0.15, -0.1) is 11.3 Å². The number of para-hydroxylation sites is 1. The lowest BCUT2D eigenvalue weighted by molar-refractivity contribution is -0.920. The fourth-order valence-electron chi connectivity index (χ4n) is 4.48. The van der Waals surface area contributed by atoms with Crippen LogP contribution in [0, 0.1) is 17.2 Å². The molecule has 1 fully saturated rings. The van der Waals surface area contributed by atoms with Gasteiger partial charge in [-0.05, 0) is 55.7 Å². The molecule has 1 N–H and O–H groups in total. The van der Waals surface area contributed by atoms with Gasteiger partial charge in [-0.3, -0.25) is 0 Å². The predicted octanol–water partition coefficient (Wildman–Crippen LogP) is 3.66. The number of quaternary nitrogens is 1. The Hall–Kier alpha value is -2.49. The number of aromatic nitrogens is 2. The monoisotopic (exact) mass is 405 g/mol. The molecule has 3 heterocycles. The maximum atomic E-state index is 9.45. The molecule has 0 bridgehead atoms. The number of nitrogens with zero attached hydrogens (tertiary/aromatic N) is 3. The number of piperidine rings is 1. The van der Waals surface area contributed by atoms with Crippen molar-refractivity contribution < 1.29 is 9.64 Å². The van der Waals surface area contributed by atoms with Crippen LogP contribution in [-0.4, -0.2) is 23.1 Å². The third-order valence-corrected chi connectivity index (χ3v) is 7.37. The van der Waals surface area contributed by atoms with Crippen molar-refractivity contribution in [3.05, 3.63) is 46.1 Å². The van der Waals surface area contributed by atoms with Gasteiger partial charge in [0, 0.05) is 4.88 Å². The van der Waals surface area contributed by atoms with E-state index in [-0.39, 0.29) is 0 Å². The van der Waals surface area contributed by atoms with E-state index in [4.69, 9.17) is 14.7 Å². The first kappa shape index (κ1) is 18.5. The van der Waals surface area contributed by atoms with Crippen LogP contribution >= 0.6 is 11.3 Å². The Balaban J connectivity index is 1.54. The zero-order valence-corrected chi connectivity index (χ0v) is 17.5. The van der Waals surface area contributed by atoms with E-state index < -0.39 is 0 Å². The number of rotatable bonds is 4. The number of likely N-dealkylation sites (tertiary alicyclic amines) is 1. The molecule has 2 aromatic heterocycles. The van der Waals surface area contributed by atoms with Crippen molar-refractivity contribution in [2.45, 2.75) is 45.6 Å². The van der Waals surface area contributed by atoms with Crippen LogP contribution in [0.25, 0.3) is 10.2 Å². The van der Waals surface area contributed by atoms with Crippen LogP contribution in [0.15, 0.2) is 24.3 Å². The third-order valence-electron chi connectivity index (χ3n) is 6.18. The van der Waals surface area contributed by atoms with E-state index >= 15 is 0 Å². The summed E-state index contributed by atoms with van der Waals surface area (Å²) in [5.74, 6) is 2.87. The Morgan fingerprint density at radius 2 is 2.03 bits per heavy atom. The van der Waals surface area contributed by atoms with Crippen LogP contribution in [0.4, 0.5) is 0 Å². The van der Waals surface area contributed by atoms with E-state index in [1.165, 1.54) is 42.8 Å². The zero-order valence-electron chi connectivity index (χ0n) is 16.7. The highest BCUT2D eigenvalue weighted by Gasteiger charge is 2.26. The highest BCUT2D eigenvalue weighted by Crippen LogP contribution is 2.41. The Morgan fingerprint density at radius 1 is 1.21 bits per heavy atom. The smallest absolute Gasteiger partial charge is 0.231 e. The first-order chi connectivity index (χ1) is 14.2. The number of ether oxygens (including phenoxy) is 1. The molecule has 0 saturated carbocycles. The van der Waals surface area contributed by atoms with Crippen molar-refractivity contribution >= 4 is 21.6 Å². The summed E-state index contributed by atoms with van der Waals surface area (Å²) < 4.78 is 6.27. The van der Waals surface area contributed by atoms with Crippen LogP contribution in [-0.2, 0) is 19.4 Å².